The fraction of sp³-hybridized carbons (Fsp3) is 0.417. The molecule has 20 heavy (non-hydrogen) atoms. The molecule has 1 N–H and O–H groups in total. The number of amides is 1. The van der Waals surface area contributed by atoms with Crippen molar-refractivity contribution >= 4 is 17.7 Å². The summed E-state index contributed by atoms with van der Waals surface area (Å²) in [6.07, 6.45) is 1.52. The second kappa shape index (κ2) is 7.11. The van der Waals surface area contributed by atoms with Crippen molar-refractivity contribution in [1.82, 2.24) is 15.5 Å². The first-order valence-electron chi connectivity index (χ1n) is 5.97. The first-order chi connectivity index (χ1) is 9.69. The molecule has 0 saturated heterocycles. The van der Waals surface area contributed by atoms with Crippen molar-refractivity contribution < 1.29 is 18.4 Å². The fourth-order valence-corrected chi connectivity index (χ4v) is 2.08. The number of methoxy groups -OCH3 is 1. The molecule has 2 aromatic rings. The van der Waals surface area contributed by atoms with Crippen molar-refractivity contribution in [2.24, 2.45) is 0 Å². The Kier molecular flexibility index (Phi) is 5.19. The van der Waals surface area contributed by atoms with Gasteiger partial charge in [0.25, 0.3) is 11.1 Å². The molecule has 0 fully saturated rings. The molecule has 0 aliphatic rings. The lowest BCUT2D eigenvalue weighted by Gasteiger charge is -2.11. The van der Waals surface area contributed by atoms with Gasteiger partial charge in [-0.2, -0.15) is 0 Å². The third-order valence-corrected chi connectivity index (χ3v) is 3.11. The number of carbonyl (C=O) groups is 1. The van der Waals surface area contributed by atoms with E-state index in [0.29, 0.717) is 23.5 Å². The summed E-state index contributed by atoms with van der Waals surface area (Å²) in [6, 6.07) is 3.42. The van der Waals surface area contributed by atoms with Gasteiger partial charge in [-0.25, -0.2) is 0 Å². The Hall–Kier alpha value is -1.80. The van der Waals surface area contributed by atoms with Crippen molar-refractivity contribution in [3.63, 3.8) is 0 Å². The van der Waals surface area contributed by atoms with E-state index in [0.717, 1.165) is 0 Å². The van der Waals surface area contributed by atoms with Gasteiger partial charge in [-0.05, 0) is 19.1 Å². The summed E-state index contributed by atoms with van der Waals surface area (Å²) in [4.78, 5) is 11.6. The predicted molar refractivity (Wildman–Crippen MR) is 72.2 cm³/mol. The highest BCUT2D eigenvalue weighted by molar-refractivity contribution is 7.99. The van der Waals surface area contributed by atoms with Gasteiger partial charge in [-0.1, -0.05) is 11.8 Å². The summed E-state index contributed by atoms with van der Waals surface area (Å²) in [5.74, 6) is 0.888. The number of nitrogens with one attached hydrogen (secondary N) is 1. The third-order valence-electron chi connectivity index (χ3n) is 2.29. The largest absolute Gasteiger partial charge is 0.459 e. The smallest absolute Gasteiger partial charge is 0.284 e. The minimum absolute atomic E-state index is 0.0329. The van der Waals surface area contributed by atoms with Crippen molar-refractivity contribution in [2.45, 2.75) is 18.2 Å². The molecule has 0 bridgehead atoms. The minimum atomic E-state index is -0.114. The molecule has 0 aromatic carbocycles. The highest BCUT2D eigenvalue weighted by Gasteiger charge is 2.13. The summed E-state index contributed by atoms with van der Waals surface area (Å²) in [5.41, 5.74) is 0. The maximum atomic E-state index is 11.6. The molecule has 2 heterocycles. The van der Waals surface area contributed by atoms with Crippen LogP contribution >= 0.6 is 11.8 Å². The van der Waals surface area contributed by atoms with Gasteiger partial charge < -0.3 is 18.9 Å². The number of nitrogens with zero attached hydrogens (tertiary/aromatic N) is 2. The van der Waals surface area contributed by atoms with Crippen LogP contribution in [0.1, 0.15) is 6.92 Å². The second-order valence-corrected chi connectivity index (χ2v) is 4.99. The normalized spacial score (nSPS) is 12.3. The van der Waals surface area contributed by atoms with E-state index in [1.807, 2.05) is 6.92 Å². The van der Waals surface area contributed by atoms with Gasteiger partial charge in [0.2, 0.25) is 5.91 Å². The van der Waals surface area contributed by atoms with Crippen molar-refractivity contribution in [2.75, 3.05) is 19.5 Å². The average molecular weight is 297 g/mol. The number of rotatable bonds is 7. The Morgan fingerprint density at radius 1 is 1.55 bits per heavy atom. The molecule has 1 atom stereocenters. The monoisotopic (exact) mass is 297 g/mol. The van der Waals surface area contributed by atoms with Crippen LogP contribution in [0.15, 0.2) is 32.5 Å². The lowest BCUT2D eigenvalue weighted by atomic mass is 10.3. The maximum absolute atomic E-state index is 11.6. The Morgan fingerprint density at radius 3 is 3.10 bits per heavy atom. The number of hydrogen-bond acceptors (Lipinski definition) is 7. The standard InChI is InChI=1S/C12H15N3O4S/c1-8(6-17-2)13-10(16)7-20-12-15-14-11(19-12)9-4-3-5-18-9/h3-5,8H,6-7H2,1-2H3,(H,13,16). The summed E-state index contributed by atoms with van der Waals surface area (Å²) < 4.78 is 15.5. The van der Waals surface area contributed by atoms with Crippen LogP contribution < -0.4 is 5.32 Å². The molecule has 0 saturated carbocycles. The molecule has 108 valence electrons. The van der Waals surface area contributed by atoms with Gasteiger partial charge in [-0.15, -0.1) is 10.2 Å². The van der Waals surface area contributed by atoms with Gasteiger partial charge in [0.05, 0.1) is 18.6 Å². The summed E-state index contributed by atoms with van der Waals surface area (Å²) in [7, 11) is 1.59. The van der Waals surface area contributed by atoms with Crippen LogP contribution in [0, 0.1) is 0 Å². The van der Waals surface area contributed by atoms with Crippen molar-refractivity contribution in [3.8, 4) is 11.7 Å². The maximum Gasteiger partial charge on any atom is 0.284 e. The van der Waals surface area contributed by atoms with E-state index in [4.69, 9.17) is 13.6 Å². The summed E-state index contributed by atoms with van der Waals surface area (Å²) in [6.45, 7) is 2.34. The molecule has 1 unspecified atom stereocenters. The first-order valence-corrected chi connectivity index (χ1v) is 6.96. The van der Waals surface area contributed by atoms with Crippen LogP contribution in [0.25, 0.3) is 11.7 Å². The molecule has 0 aliphatic carbocycles. The molecule has 2 rings (SSSR count). The topological polar surface area (TPSA) is 90.4 Å². The van der Waals surface area contributed by atoms with Gasteiger partial charge >= 0.3 is 0 Å². The predicted octanol–water partition coefficient (Wildman–Crippen LogP) is 1.57. The van der Waals surface area contributed by atoms with Gasteiger partial charge in [0.15, 0.2) is 5.76 Å². The van der Waals surface area contributed by atoms with E-state index in [2.05, 4.69) is 15.5 Å². The molecule has 7 nitrogen and oxygen atoms in total. The van der Waals surface area contributed by atoms with E-state index >= 15 is 0 Å². The van der Waals surface area contributed by atoms with Crippen molar-refractivity contribution in [1.29, 1.82) is 0 Å². The van der Waals surface area contributed by atoms with Gasteiger partial charge in [0, 0.05) is 13.2 Å². The molecule has 0 spiro atoms. The van der Waals surface area contributed by atoms with Crippen LogP contribution in [-0.4, -0.2) is 41.6 Å². The quantitative estimate of drug-likeness (QED) is 0.776. The highest BCUT2D eigenvalue weighted by atomic mass is 32.2. The summed E-state index contributed by atoms with van der Waals surface area (Å²) in [5, 5.41) is 10.8. The fourth-order valence-electron chi connectivity index (χ4n) is 1.50. The molecule has 1 amide bonds. The third kappa shape index (κ3) is 4.10. The number of furan rings is 1. The lowest BCUT2D eigenvalue weighted by Crippen LogP contribution is -2.36. The van der Waals surface area contributed by atoms with Crippen LogP contribution in [-0.2, 0) is 9.53 Å². The first kappa shape index (κ1) is 14.6. The van der Waals surface area contributed by atoms with Crippen molar-refractivity contribution in [3.05, 3.63) is 18.4 Å². The number of thioether (sulfide) groups is 1. The van der Waals surface area contributed by atoms with Crippen LogP contribution in [0.4, 0.5) is 0 Å². The van der Waals surface area contributed by atoms with E-state index < -0.39 is 0 Å². The minimum Gasteiger partial charge on any atom is -0.459 e. The number of aromatic nitrogens is 2. The van der Waals surface area contributed by atoms with E-state index in [9.17, 15) is 4.79 Å². The molecule has 0 radical (unpaired) electrons. The van der Waals surface area contributed by atoms with Gasteiger partial charge in [-0.3, -0.25) is 4.79 Å². The zero-order chi connectivity index (χ0) is 14.4. The van der Waals surface area contributed by atoms with Crippen LogP contribution in [0.5, 0.6) is 0 Å². The van der Waals surface area contributed by atoms with Gasteiger partial charge in [0.1, 0.15) is 0 Å². The average Bonchev–Trinajstić information content (AvgIpc) is 3.07. The number of hydrogen-bond donors (Lipinski definition) is 1. The second-order valence-electron chi connectivity index (χ2n) is 4.06. The number of carbonyl (C=O) groups excluding carboxylic acids is 1. The molecule has 0 aliphatic heterocycles. The highest BCUT2D eigenvalue weighted by Crippen LogP contribution is 2.23. The van der Waals surface area contributed by atoms with E-state index in [1.54, 1.807) is 19.2 Å². The lowest BCUT2D eigenvalue weighted by molar-refractivity contribution is -0.119. The molecule has 8 heteroatoms. The summed E-state index contributed by atoms with van der Waals surface area (Å²) >= 11 is 1.17. The van der Waals surface area contributed by atoms with E-state index in [-0.39, 0.29) is 17.7 Å². The van der Waals surface area contributed by atoms with E-state index in [1.165, 1.54) is 18.0 Å². The SMILES string of the molecule is COCC(C)NC(=O)CSc1nnc(-c2ccco2)o1. The van der Waals surface area contributed by atoms with Crippen LogP contribution in [0.3, 0.4) is 0 Å². The Labute approximate surface area is 120 Å². The van der Waals surface area contributed by atoms with Crippen LogP contribution in [0.2, 0.25) is 0 Å². The Balaban J connectivity index is 1.81. The molecular formula is C12H15N3O4S. The zero-order valence-electron chi connectivity index (χ0n) is 11.2. The Morgan fingerprint density at radius 2 is 2.40 bits per heavy atom. The molecule has 2 aromatic heterocycles. The zero-order valence-corrected chi connectivity index (χ0v) is 12.0. The Bertz CT molecular complexity index is 541. The number of ether oxygens (including phenoxy) is 1. The molecular weight excluding hydrogens is 282 g/mol.